The molecule has 1 aromatic carbocycles. The van der Waals surface area contributed by atoms with E-state index in [1.807, 2.05) is 0 Å². The Morgan fingerprint density at radius 2 is 2.04 bits per heavy atom. The van der Waals surface area contributed by atoms with Gasteiger partial charge in [0.05, 0.1) is 11.8 Å². The number of carbonyl (C=O) groups excluding carboxylic acids is 1. The number of furan rings is 1. The SMILES string of the molecule is O=C(Nc1ccc(Oc2cc(-n3cccn3)ncn2)cc1)c1ccoc1. The maximum absolute atomic E-state index is 12.0. The van der Waals surface area contributed by atoms with Gasteiger partial charge in [-0.15, -0.1) is 0 Å². The molecule has 0 fully saturated rings. The molecule has 0 unspecified atom stereocenters. The Kier molecular flexibility index (Phi) is 4.13. The van der Waals surface area contributed by atoms with Gasteiger partial charge >= 0.3 is 0 Å². The minimum Gasteiger partial charge on any atom is -0.472 e. The summed E-state index contributed by atoms with van der Waals surface area (Å²) in [6.45, 7) is 0. The molecular weight excluding hydrogens is 334 g/mol. The maximum atomic E-state index is 12.0. The van der Waals surface area contributed by atoms with Crippen molar-refractivity contribution in [1.29, 1.82) is 0 Å². The van der Waals surface area contributed by atoms with Gasteiger partial charge in [0.1, 0.15) is 18.3 Å². The van der Waals surface area contributed by atoms with Crippen molar-refractivity contribution in [1.82, 2.24) is 19.7 Å². The number of amides is 1. The van der Waals surface area contributed by atoms with Crippen molar-refractivity contribution in [3.05, 3.63) is 79.3 Å². The van der Waals surface area contributed by atoms with Crippen LogP contribution in [0.3, 0.4) is 0 Å². The first-order valence-corrected chi connectivity index (χ1v) is 7.71. The van der Waals surface area contributed by atoms with Gasteiger partial charge in [0.2, 0.25) is 5.88 Å². The number of aromatic nitrogens is 4. The van der Waals surface area contributed by atoms with E-state index in [0.717, 1.165) is 0 Å². The van der Waals surface area contributed by atoms with Crippen molar-refractivity contribution in [3.8, 4) is 17.4 Å². The zero-order valence-corrected chi connectivity index (χ0v) is 13.4. The fraction of sp³-hybridized carbons (Fsp3) is 0. The molecule has 0 saturated carbocycles. The second-order valence-electron chi connectivity index (χ2n) is 5.26. The van der Waals surface area contributed by atoms with Crippen LogP contribution in [0.4, 0.5) is 5.69 Å². The molecule has 128 valence electrons. The fourth-order valence-corrected chi connectivity index (χ4v) is 2.24. The minimum atomic E-state index is -0.243. The average molecular weight is 347 g/mol. The summed E-state index contributed by atoms with van der Waals surface area (Å²) >= 11 is 0. The lowest BCUT2D eigenvalue weighted by atomic mass is 10.2. The van der Waals surface area contributed by atoms with Crippen LogP contribution in [0.5, 0.6) is 11.6 Å². The fourth-order valence-electron chi connectivity index (χ4n) is 2.24. The summed E-state index contributed by atoms with van der Waals surface area (Å²) in [6.07, 6.45) is 7.69. The number of nitrogens with zero attached hydrogens (tertiary/aromatic N) is 4. The summed E-state index contributed by atoms with van der Waals surface area (Å²) in [6, 6.07) is 12.0. The number of benzene rings is 1. The lowest BCUT2D eigenvalue weighted by Crippen LogP contribution is -2.10. The molecule has 8 nitrogen and oxygen atoms in total. The van der Waals surface area contributed by atoms with Crippen LogP contribution in [0, 0.1) is 0 Å². The van der Waals surface area contributed by atoms with Crippen LogP contribution in [0.15, 0.2) is 78.1 Å². The van der Waals surface area contributed by atoms with Gasteiger partial charge in [0, 0.05) is 24.1 Å². The van der Waals surface area contributed by atoms with Gasteiger partial charge in [-0.25, -0.2) is 14.6 Å². The zero-order valence-electron chi connectivity index (χ0n) is 13.4. The molecule has 0 bridgehead atoms. The molecule has 0 spiro atoms. The normalized spacial score (nSPS) is 10.5. The number of ether oxygens (including phenoxy) is 1. The second kappa shape index (κ2) is 6.89. The van der Waals surface area contributed by atoms with Gasteiger partial charge < -0.3 is 14.5 Å². The first kappa shape index (κ1) is 15.6. The second-order valence-corrected chi connectivity index (χ2v) is 5.26. The van der Waals surface area contributed by atoms with Crippen molar-refractivity contribution >= 4 is 11.6 Å². The Labute approximate surface area is 148 Å². The van der Waals surface area contributed by atoms with Crippen molar-refractivity contribution in [2.75, 3.05) is 5.32 Å². The van der Waals surface area contributed by atoms with E-state index in [2.05, 4.69) is 20.4 Å². The molecule has 3 heterocycles. The molecule has 8 heteroatoms. The standard InChI is InChI=1S/C18H13N5O3/c24-18(13-6-9-25-11-13)22-14-2-4-15(5-3-14)26-17-10-16(19-12-20-17)23-8-1-7-21-23/h1-12H,(H,22,24). The van der Waals surface area contributed by atoms with E-state index < -0.39 is 0 Å². The highest BCUT2D eigenvalue weighted by molar-refractivity contribution is 6.03. The lowest BCUT2D eigenvalue weighted by molar-refractivity contribution is 0.102. The Hall–Kier alpha value is -3.94. The molecule has 0 aliphatic heterocycles. The van der Waals surface area contributed by atoms with Crippen LogP contribution in [0.2, 0.25) is 0 Å². The van der Waals surface area contributed by atoms with E-state index in [9.17, 15) is 4.79 Å². The summed E-state index contributed by atoms with van der Waals surface area (Å²) in [7, 11) is 0. The van der Waals surface area contributed by atoms with Crippen LogP contribution in [0.25, 0.3) is 5.82 Å². The van der Waals surface area contributed by atoms with Crippen LogP contribution in [-0.2, 0) is 0 Å². The highest BCUT2D eigenvalue weighted by Crippen LogP contribution is 2.22. The zero-order chi connectivity index (χ0) is 17.8. The molecule has 26 heavy (non-hydrogen) atoms. The van der Waals surface area contributed by atoms with Crippen LogP contribution in [-0.4, -0.2) is 25.7 Å². The van der Waals surface area contributed by atoms with Gasteiger partial charge in [-0.2, -0.15) is 5.10 Å². The number of rotatable bonds is 5. The molecule has 0 radical (unpaired) electrons. The number of carbonyl (C=O) groups is 1. The summed E-state index contributed by atoms with van der Waals surface area (Å²) in [5, 5.41) is 6.89. The average Bonchev–Trinajstić information content (AvgIpc) is 3.38. The van der Waals surface area contributed by atoms with Crippen molar-refractivity contribution in [3.63, 3.8) is 0 Å². The third-order valence-electron chi connectivity index (χ3n) is 3.48. The molecular formula is C18H13N5O3. The van der Waals surface area contributed by atoms with Crippen LogP contribution in [0.1, 0.15) is 10.4 Å². The quantitative estimate of drug-likeness (QED) is 0.595. The van der Waals surface area contributed by atoms with Crippen molar-refractivity contribution < 1.29 is 13.9 Å². The first-order chi connectivity index (χ1) is 12.8. The molecule has 1 N–H and O–H groups in total. The molecule has 0 aliphatic carbocycles. The van der Waals surface area contributed by atoms with Gasteiger partial charge in [0.25, 0.3) is 5.91 Å². The largest absolute Gasteiger partial charge is 0.472 e. The third kappa shape index (κ3) is 3.44. The highest BCUT2D eigenvalue weighted by atomic mass is 16.5. The highest BCUT2D eigenvalue weighted by Gasteiger charge is 2.08. The van der Waals surface area contributed by atoms with Crippen LogP contribution >= 0.6 is 0 Å². The van der Waals surface area contributed by atoms with Crippen molar-refractivity contribution in [2.24, 2.45) is 0 Å². The molecule has 0 aliphatic rings. The summed E-state index contributed by atoms with van der Waals surface area (Å²) in [5.74, 6) is 1.33. The van der Waals surface area contributed by atoms with E-state index in [0.29, 0.717) is 28.7 Å². The van der Waals surface area contributed by atoms with Gasteiger partial charge in [-0.3, -0.25) is 4.79 Å². The number of hydrogen-bond donors (Lipinski definition) is 1. The predicted molar refractivity (Wildman–Crippen MR) is 92.3 cm³/mol. The van der Waals surface area contributed by atoms with E-state index in [4.69, 9.17) is 9.15 Å². The Morgan fingerprint density at radius 1 is 1.15 bits per heavy atom. The number of anilines is 1. The molecule has 0 saturated heterocycles. The van der Waals surface area contributed by atoms with E-state index in [-0.39, 0.29) is 5.91 Å². The smallest absolute Gasteiger partial charge is 0.258 e. The van der Waals surface area contributed by atoms with E-state index in [1.165, 1.54) is 18.9 Å². The predicted octanol–water partition coefficient (Wildman–Crippen LogP) is 3.30. The Balaban J connectivity index is 1.44. The third-order valence-corrected chi connectivity index (χ3v) is 3.48. The molecule has 4 rings (SSSR count). The molecule has 0 atom stereocenters. The lowest BCUT2D eigenvalue weighted by Gasteiger charge is -2.08. The summed E-state index contributed by atoms with van der Waals surface area (Å²) in [5.41, 5.74) is 1.10. The Bertz CT molecular complexity index is 996. The van der Waals surface area contributed by atoms with Gasteiger partial charge in [-0.05, 0) is 36.4 Å². The van der Waals surface area contributed by atoms with E-state index >= 15 is 0 Å². The van der Waals surface area contributed by atoms with Gasteiger partial charge in [0.15, 0.2) is 5.82 Å². The Morgan fingerprint density at radius 3 is 2.77 bits per heavy atom. The number of hydrogen-bond acceptors (Lipinski definition) is 6. The molecule has 4 aromatic rings. The summed E-state index contributed by atoms with van der Waals surface area (Å²) < 4.78 is 12.2. The first-order valence-electron chi connectivity index (χ1n) is 7.71. The number of nitrogens with one attached hydrogen (secondary N) is 1. The van der Waals surface area contributed by atoms with Gasteiger partial charge in [-0.1, -0.05) is 0 Å². The summed E-state index contributed by atoms with van der Waals surface area (Å²) in [4.78, 5) is 20.2. The van der Waals surface area contributed by atoms with Crippen LogP contribution < -0.4 is 10.1 Å². The topological polar surface area (TPSA) is 95.1 Å². The maximum Gasteiger partial charge on any atom is 0.258 e. The molecule has 3 aromatic heterocycles. The van der Waals surface area contributed by atoms with E-state index in [1.54, 1.807) is 59.5 Å². The minimum absolute atomic E-state index is 0.243. The van der Waals surface area contributed by atoms with Crippen molar-refractivity contribution in [2.45, 2.75) is 0 Å². The monoisotopic (exact) mass is 347 g/mol. The molecule has 1 amide bonds.